The van der Waals surface area contributed by atoms with Gasteiger partial charge in [-0.25, -0.2) is 8.42 Å². The van der Waals surface area contributed by atoms with Gasteiger partial charge in [0.2, 0.25) is 5.91 Å². The number of carbonyl (C=O) groups is 1. The van der Waals surface area contributed by atoms with E-state index in [0.717, 1.165) is 11.5 Å². The minimum absolute atomic E-state index is 0.0546. The number of nitrogens with one attached hydrogen (secondary N) is 2. The molecule has 7 nitrogen and oxygen atoms in total. The fraction of sp³-hybridized carbons (Fsp3) is 0.600. The van der Waals surface area contributed by atoms with Crippen molar-refractivity contribution >= 4 is 38.1 Å². The number of anilines is 2. The fourth-order valence-corrected chi connectivity index (χ4v) is 4.55. The molecule has 1 aromatic heterocycles. The summed E-state index contributed by atoms with van der Waals surface area (Å²) in [5.41, 5.74) is 5.66. The van der Waals surface area contributed by atoms with Crippen molar-refractivity contribution in [3.8, 4) is 0 Å². The first-order valence-electron chi connectivity index (χ1n) is 5.90. The third-order valence-corrected chi connectivity index (χ3v) is 5.99. The second-order valence-corrected chi connectivity index (χ2v) is 7.32. The molecule has 0 unspecified atom stereocenters. The highest BCUT2D eigenvalue weighted by Crippen LogP contribution is 2.40. The van der Waals surface area contributed by atoms with Gasteiger partial charge in [0.15, 0.2) is 15.7 Å². The predicted molar refractivity (Wildman–Crippen MR) is 73.9 cm³/mol. The average molecular weight is 304 g/mol. The molecule has 1 amide bonds. The van der Waals surface area contributed by atoms with Crippen LogP contribution in [0.1, 0.15) is 19.8 Å². The van der Waals surface area contributed by atoms with Crippen molar-refractivity contribution in [2.24, 2.45) is 0 Å². The molecule has 106 valence electrons. The molecule has 9 heteroatoms. The number of aromatic nitrogens is 1. The fourth-order valence-electron chi connectivity index (χ4n) is 1.64. The summed E-state index contributed by atoms with van der Waals surface area (Å²) in [6.07, 6.45) is 1.37. The molecule has 0 aliphatic heterocycles. The highest BCUT2D eigenvalue weighted by atomic mass is 32.2. The van der Waals surface area contributed by atoms with Crippen molar-refractivity contribution < 1.29 is 13.2 Å². The number of hydrogen-bond acceptors (Lipinski definition) is 7. The molecule has 0 atom stereocenters. The second kappa shape index (κ2) is 5.33. The number of hydrogen-bond donors (Lipinski definition) is 3. The van der Waals surface area contributed by atoms with E-state index in [1.807, 2.05) is 0 Å². The lowest BCUT2D eigenvalue weighted by Crippen LogP contribution is -2.26. The third kappa shape index (κ3) is 3.16. The van der Waals surface area contributed by atoms with Crippen molar-refractivity contribution in [3.05, 3.63) is 0 Å². The van der Waals surface area contributed by atoms with Gasteiger partial charge in [-0.1, -0.05) is 0 Å². The van der Waals surface area contributed by atoms with Crippen LogP contribution in [0, 0.1) is 0 Å². The molecule has 0 spiro atoms. The Balaban J connectivity index is 2.07. The van der Waals surface area contributed by atoms with Crippen LogP contribution in [-0.4, -0.2) is 37.0 Å². The summed E-state index contributed by atoms with van der Waals surface area (Å²) in [5.74, 6) is -0.0737. The SMILES string of the molecule is CC(=O)NCCNc1snc(N)c1S(=O)(=O)C1CC1. The lowest BCUT2D eigenvalue weighted by molar-refractivity contribution is -0.118. The van der Waals surface area contributed by atoms with Crippen molar-refractivity contribution in [1.82, 2.24) is 9.69 Å². The molecule has 0 bridgehead atoms. The Morgan fingerprint density at radius 1 is 1.47 bits per heavy atom. The van der Waals surface area contributed by atoms with E-state index in [-0.39, 0.29) is 21.9 Å². The van der Waals surface area contributed by atoms with Crippen molar-refractivity contribution in [2.75, 3.05) is 24.1 Å². The van der Waals surface area contributed by atoms with Crippen LogP contribution in [0.2, 0.25) is 0 Å². The number of nitrogens with two attached hydrogens (primary N) is 1. The maximum absolute atomic E-state index is 12.2. The molecular weight excluding hydrogens is 288 g/mol. The quantitative estimate of drug-likeness (QED) is 0.647. The second-order valence-electron chi connectivity index (χ2n) is 4.38. The van der Waals surface area contributed by atoms with E-state index in [1.54, 1.807) is 0 Å². The number of carbonyl (C=O) groups excluding carboxylic acids is 1. The van der Waals surface area contributed by atoms with Crippen LogP contribution in [-0.2, 0) is 14.6 Å². The molecule has 1 aromatic rings. The summed E-state index contributed by atoms with van der Waals surface area (Å²) in [6.45, 7) is 2.26. The van der Waals surface area contributed by atoms with Gasteiger partial charge in [0, 0.05) is 20.0 Å². The Morgan fingerprint density at radius 2 is 2.16 bits per heavy atom. The van der Waals surface area contributed by atoms with E-state index in [0.29, 0.717) is 30.9 Å². The Labute approximate surface area is 115 Å². The largest absolute Gasteiger partial charge is 0.382 e. The molecule has 4 N–H and O–H groups in total. The van der Waals surface area contributed by atoms with Gasteiger partial charge < -0.3 is 16.4 Å². The lowest BCUT2D eigenvalue weighted by Gasteiger charge is -2.07. The smallest absolute Gasteiger partial charge is 0.216 e. The maximum Gasteiger partial charge on any atom is 0.216 e. The summed E-state index contributed by atoms with van der Waals surface area (Å²) in [6, 6.07) is 0. The molecule has 0 saturated heterocycles. The molecule has 0 radical (unpaired) electrons. The molecule has 1 aliphatic carbocycles. The van der Waals surface area contributed by atoms with Crippen molar-refractivity contribution in [1.29, 1.82) is 0 Å². The molecule has 1 heterocycles. The Kier molecular flexibility index (Phi) is 3.95. The molecule has 2 rings (SSSR count). The van der Waals surface area contributed by atoms with E-state index in [2.05, 4.69) is 15.0 Å². The normalized spacial score (nSPS) is 15.2. The molecule has 1 fully saturated rings. The first kappa shape index (κ1) is 14.1. The minimum Gasteiger partial charge on any atom is -0.382 e. The highest BCUT2D eigenvalue weighted by molar-refractivity contribution is 7.92. The zero-order valence-electron chi connectivity index (χ0n) is 10.5. The van der Waals surface area contributed by atoms with Gasteiger partial charge in [0.25, 0.3) is 0 Å². The van der Waals surface area contributed by atoms with Crippen LogP contribution in [0.25, 0.3) is 0 Å². The van der Waals surface area contributed by atoms with E-state index >= 15 is 0 Å². The van der Waals surface area contributed by atoms with Crippen LogP contribution >= 0.6 is 11.5 Å². The number of nitrogen functional groups attached to an aromatic ring is 1. The minimum atomic E-state index is -3.36. The van der Waals surface area contributed by atoms with Crippen LogP contribution in [0.15, 0.2) is 4.90 Å². The molecule has 1 saturated carbocycles. The predicted octanol–water partition coefficient (Wildman–Crippen LogP) is 0.209. The molecule has 1 aliphatic rings. The molecule has 0 aromatic carbocycles. The van der Waals surface area contributed by atoms with Crippen molar-refractivity contribution in [3.63, 3.8) is 0 Å². The standard InChI is InChI=1S/C10H16N4O3S2/c1-6(15)12-4-5-13-10-8(9(11)14-18-10)19(16,17)7-2-3-7/h7,13H,2-5H2,1H3,(H2,11,14)(H,12,15). The maximum atomic E-state index is 12.2. The van der Waals surface area contributed by atoms with Gasteiger partial charge in [-0.15, -0.1) is 0 Å². The van der Waals surface area contributed by atoms with Gasteiger partial charge in [0.1, 0.15) is 9.90 Å². The summed E-state index contributed by atoms with van der Waals surface area (Å²) >= 11 is 1.03. The van der Waals surface area contributed by atoms with E-state index in [9.17, 15) is 13.2 Å². The number of sulfone groups is 1. The Bertz CT molecular complexity index is 578. The topological polar surface area (TPSA) is 114 Å². The lowest BCUT2D eigenvalue weighted by atomic mass is 10.5. The van der Waals surface area contributed by atoms with Gasteiger partial charge in [-0.3, -0.25) is 4.79 Å². The zero-order valence-corrected chi connectivity index (χ0v) is 12.1. The number of nitrogens with zero attached hydrogens (tertiary/aromatic N) is 1. The van der Waals surface area contributed by atoms with Gasteiger partial charge in [-0.05, 0) is 24.4 Å². The summed E-state index contributed by atoms with van der Waals surface area (Å²) in [5, 5.41) is 5.71. The zero-order chi connectivity index (χ0) is 14.0. The summed E-state index contributed by atoms with van der Waals surface area (Å²) in [7, 11) is -3.36. The first-order chi connectivity index (χ1) is 8.93. The summed E-state index contributed by atoms with van der Waals surface area (Å²) in [4.78, 5) is 10.8. The third-order valence-electron chi connectivity index (χ3n) is 2.71. The van der Waals surface area contributed by atoms with Crippen LogP contribution in [0.3, 0.4) is 0 Å². The molecule has 19 heavy (non-hydrogen) atoms. The van der Waals surface area contributed by atoms with Crippen LogP contribution in [0.4, 0.5) is 10.8 Å². The Morgan fingerprint density at radius 3 is 2.74 bits per heavy atom. The molecular formula is C10H16N4O3S2. The van der Waals surface area contributed by atoms with Crippen LogP contribution in [0.5, 0.6) is 0 Å². The van der Waals surface area contributed by atoms with E-state index in [1.165, 1.54) is 6.92 Å². The van der Waals surface area contributed by atoms with E-state index in [4.69, 9.17) is 5.73 Å². The van der Waals surface area contributed by atoms with Crippen LogP contribution < -0.4 is 16.4 Å². The monoisotopic (exact) mass is 304 g/mol. The highest BCUT2D eigenvalue weighted by Gasteiger charge is 2.40. The van der Waals surface area contributed by atoms with Crippen molar-refractivity contribution in [2.45, 2.75) is 29.9 Å². The van der Waals surface area contributed by atoms with Gasteiger partial charge in [0.05, 0.1) is 5.25 Å². The van der Waals surface area contributed by atoms with Gasteiger partial charge in [-0.2, -0.15) is 4.37 Å². The Hall–Kier alpha value is -1.35. The number of amides is 1. The average Bonchev–Trinajstić information content (AvgIpc) is 3.10. The number of rotatable bonds is 6. The van der Waals surface area contributed by atoms with E-state index < -0.39 is 9.84 Å². The first-order valence-corrected chi connectivity index (χ1v) is 8.22. The van der Waals surface area contributed by atoms with Gasteiger partial charge >= 0.3 is 0 Å². The summed E-state index contributed by atoms with van der Waals surface area (Å²) < 4.78 is 28.3.